The minimum Gasteiger partial charge on any atom is -0.336 e. The zero-order valence-corrected chi connectivity index (χ0v) is 11.1. The van der Waals surface area contributed by atoms with Crippen LogP contribution in [0.25, 0.3) is 0 Å². The van der Waals surface area contributed by atoms with Gasteiger partial charge < -0.3 is 10.6 Å². The van der Waals surface area contributed by atoms with Gasteiger partial charge in [0.2, 0.25) is 0 Å². The van der Waals surface area contributed by atoms with Gasteiger partial charge in [0, 0.05) is 12.2 Å². The number of carbonyl (C=O) groups excluding carboxylic acids is 1. The highest BCUT2D eigenvalue weighted by molar-refractivity contribution is 6.30. The SMILES string of the molecule is CC(C)NC(=O)NCc1ncc(Cl)cc1C(F)(F)F. The lowest BCUT2D eigenvalue weighted by atomic mass is 10.2. The van der Waals surface area contributed by atoms with E-state index in [-0.39, 0.29) is 23.3 Å². The number of urea groups is 1. The first kappa shape index (κ1) is 15.6. The molecule has 0 aliphatic carbocycles. The van der Waals surface area contributed by atoms with Crippen molar-refractivity contribution >= 4 is 17.6 Å². The maximum atomic E-state index is 12.7. The Labute approximate surface area is 113 Å². The molecule has 0 bridgehead atoms. The fraction of sp³-hybridized carbons (Fsp3) is 0.455. The van der Waals surface area contributed by atoms with E-state index in [1.165, 1.54) is 0 Å². The fourth-order valence-electron chi connectivity index (χ4n) is 1.33. The maximum absolute atomic E-state index is 12.7. The Bertz CT molecular complexity index is 463. The van der Waals surface area contributed by atoms with Gasteiger partial charge in [-0.3, -0.25) is 4.98 Å². The molecule has 1 aromatic rings. The number of pyridine rings is 1. The Balaban J connectivity index is 2.81. The number of aromatic nitrogens is 1. The zero-order chi connectivity index (χ0) is 14.6. The monoisotopic (exact) mass is 295 g/mol. The summed E-state index contributed by atoms with van der Waals surface area (Å²) in [7, 11) is 0. The first-order valence-electron chi connectivity index (χ1n) is 5.46. The van der Waals surface area contributed by atoms with Crippen molar-refractivity contribution in [3.63, 3.8) is 0 Å². The topological polar surface area (TPSA) is 54.0 Å². The second kappa shape index (κ2) is 6.10. The van der Waals surface area contributed by atoms with E-state index in [4.69, 9.17) is 11.6 Å². The summed E-state index contributed by atoms with van der Waals surface area (Å²) in [6.07, 6.45) is -3.46. The van der Waals surface area contributed by atoms with E-state index in [1.54, 1.807) is 13.8 Å². The van der Waals surface area contributed by atoms with E-state index in [2.05, 4.69) is 15.6 Å². The van der Waals surface area contributed by atoms with E-state index >= 15 is 0 Å². The van der Waals surface area contributed by atoms with Crippen molar-refractivity contribution in [2.24, 2.45) is 0 Å². The molecule has 0 aromatic carbocycles. The molecule has 1 heterocycles. The van der Waals surface area contributed by atoms with Gasteiger partial charge in [0.15, 0.2) is 0 Å². The molecule has 0 aliphatic rings. The van der Waals surface area contributed by atoms with Crippen LogP contribution in [0, 0.1) is 0 Å². The molecule has 0 aliphatic heterocycles. The molecule has 8 heteroatoms. The summed E-state index contributed by atoms with van der Waals surface area (Å²) in [5.41, 5.74) is -1.24. The molecule has 19 heavy (non-hydrogen) atoms. The number of amides is 2. The molecular weight excluding hydrogens is 283 g/mol. The minimum absolute atomic E-state index is 0.109. The summed E-state index contributed by atoms with van der Waals surface area (Å²) in [5.74, 6) is 0. The van der Waals surface area contributed by atoms with Gasteiger partial charge in [-0.25, -0.2) is 4.79 Å². The molecule has 0 saturated carbocycles. The largest absolute Gasteiger partial charge is 0.418 e. The second-order valence-electron chi connectivity index (χ2n) is 4.13. The molecule has 0 unspecified atom stereocenters. The number of alkyl halides is 3. The van der Waals surface area contributed by atoms with Gasteiger partial charge in [-0.2, -0.15) is 13.2 Å². The van der Waals surface area contributed by atoms with Crippen LogP contribution in [0.5, 0.6) is 0 Å². The van der Waals surface area contributed by atoms with Gasteiger partial charge in [-0.1, -0.05) is 11.6 Å². The Kier molecular flexibility index (Phi) is 4.99. The van der Waals surface area contributed by atoms with E-state index in [9.17, 15) is 18.0 Å². The van der Waals surface area contributed by atoms with Crippen molar-refractivity contribution in [1.82, 2.24) is 15.6 Å². The average molecular weight is 296 g/mol. The number of hydrogen-bond donors (Lipinski definition) is 2. The third-order valence-electron chi connectivity index (χ3n) is 2.08. The van der Waals surface area contributed by atoms with Gasteiger partial charge in [0.05, 0.1) is 22.8 Å². The highest BCUT2D eigenvalue weighted by Gasteiger charge is 2.34. The summed E-state index contributed by atoms with van der Waals surface area (Å²) in [6.45, 7) is 3.15. The highest BCUT2D eigenvalue weighted by Crippen LogP contribution is 2.32. The van der Waals surface area contributed by atoms with E-state index in [1.807, 2.05) is 0 Å². The van der Waals surface area contributed by atoms with Crippen molar-refractivity contribution in [3.8, 4) is 0 Å². The molecule has 0 saturated heterocycles. The Morgan fingerprint density at radius 1 is 1.47 bits per heavy atom. The number of nitrogens with one attached hydrogen (secondary N) is 2. The summed E-state index contributed by atoms with van der Waals surface area (Å²) >= 11 is 5.49. The number of halogens is 4. The first-order valence-corrected chi connectivity index (χ1v) is 5.84. The Morgan fingerprint density at radius 2 is 2.11 bits per heavy atom. The smallest absolute Gasteiger partial charge is 0.336 e. The molecule has 0 atom stereocenters. The lowest BCUT2D eigenvalue weighted by Gasteiger charge is -2.14. The molecule has 106 valence electrons. The average Bonchev–Trinajstić information content (AvgIpc) is 2.25. The third kappa shape index (κ3) is 4.94. The fourth-order valence-corrected chi connectivity index (χ4v) is 1.49. The number of carbonyl (C=O) groups is 1. The van der Waals surface area contributed by atoms with Crippen molar-refractivity contribution in [2.45, 2.75) is 32.6 Å². The van der Waals surface area contributed by atoms with Gasteiger partial charge in [-0.15, -0.1) is 0 Å². The lowest BCUT2D eigenvalue weighted by molar-refractivity contribution is -0.138. The summed E-state index contributed by atoms with van der Waals surface area (Å²) in [4.78, 5) is 14.9. The van der Waals surface area contributed by atoms with Crippen molar-refractivity contribution in [3.05, 3.63) is 28.5 Å². The lowest BCUT2D eigenvalue weighted by Crippen LogP contribution is -2.39. The van der Waals surface area contributed by atoms with Gasteiger partial charge in [0.25, 0.3) is 0 Å². The van der Waals surface area contributed by atoms with Crippen LogP contribution in [0.2, 0.25) is 5.02 Å². The Hall–Kier alpha value is -1.50. The van der Waals surface area contributed by atoms with Crippen molar-refractivity contribution in [1.29, 1.82) is 0 Å². The summed E-state index contributed by atoms with van der Waals surface area (Å²) < 4.78 is 38.2. The molecular formula is C11H13ClF3N3O. The maximum Gasteiger partial charge on any atom is 0.418 e. The molecule has 0 fully saturated rings. The van der Waals surface area contributed by atoms with Crippen LogP contribution in [0.4, 0.5) is 18.0 Å². The first-order chi connectivity index (χ1) is 8.70. The van der Waals surface area contributed by atoms with Gasteiger partial charge in [0.1, 0.15) is 0 Å². The van der Waals surface area contributed by atoms with Crippen molar-refractivity contribution in [2.75, 3.05) is 0 Å². The number of hydrogen-bond acceptors (Lipinski definition) is 2. The zero-order valence-electron chi connectivity index (χ0n) is 10.3. The predicted molar refractivity (Wildman–Crippen MR) is 64.8 cm³/mol. The Morgan fingerprint density at radius 3 is 2.63 bits per heavy atom. The normalized spacial score (nSPS) is 11.5. The van der Waals surface area contributed by atoms with Crippen LogP contribution in [-0.4, -0.2) is 17.1 Å². The standard InChI is InChI=1S/C11H13ClF3N3O/c1-6(2)18-10(19)17-5-9-8(11(13,14)15)3-7(12)4-16-9/h3-4,6H,5H2,1-2H3,(H2,17,18,19). The van der Waals surface area contributed by atoms with Gasteiger partial charge >= 0.3 is 12.2 Å². The van der Waals surface area contributed by atoms with Crippen LogP contribution >= 0.6 is 11.6 Å². The molecule has 2 amide bonds. The molecule has 1 rings (SSSR count). The minimum atomic E-state index is -4.57. The highest BCUT2D eigenvalue weighted by atomic mass is 35.5. The van der Waals surface area contributed by atoms with Crippen LogP contribution in [0.1, 0.15) is 25.1 Å². The summed E-state index contributed by atoms with van der Waals surface area (Å²) in [5, 5.41) is 4.70. The van der Waals surface area contributed by atoms with Gasteiger partial charge in [-0.05, 0) is 19.9 Å². The molecule has 0 spiro atoms. The predicted octanol–water partition coefficient (Wildman–Crippen LogP) is 2.96. The van der Waals surface area contributed by atoms with Crippen LogP contribution in [0.15, 0.2) is 12.3 Å². The molecule has 2 N–H and O–H groups in total. The van der Waals surface area contributed by atoms with Crippen LogP contribution in [-0.2, 0) is 12.7 Å². The van der Waals surface area contributed by atoms with E-state index in [0.717, 1.165) is 12.3 Å². The van der Waals surface area contributed by atoms with Crippen molar-refractivity contribution < 1.29 is 18.0 Å². The van der Waals surface area contributed by atoms with Crippen LogP contribution in [0.3, 0.4) is 0 Å². The second-order valence-corrected chi connectivity index (χ2v) is 4.56. The van der Waals surface area contributed by atoms with E-state index < -0.39 is 17.8 Å². The molecule has 0 radical (unpaired) electrons. The quantitative estimate of drug-likeness (QED) is 0.901. The molecule has 4 nitrogen and oxygen atoms in total. The number of nitrogens with zero attached hydrogens (tertiary/aromatic N) is 1. The number of rotatable bonds is 3. The van der Waals surface area contributed by atoms with E-state index in [0.29, 0.717) is 0 Å². The third-order valence-corrected chi connectivity index (χ3v) is 2.29. The summed E-state index contributed by atoms with van der Waals surface area (Å²) in [6, 6.07) is 0.117. The molecule has 1 aromatic heterocycles. The van der Waals surface area contributed by atoms with Crippen LogP contribution < -0.4 is 10.6 Å².